The van der Waals surface area contributed by atoms with Crippen molar-refractivity contribution in [2.75, 3.05) is 22.9 Å². The van der Waals surface area contributed by atoms with Gasteiger partial charge < -0.3 is 5.32 Å². The van der Waals surface area contributed by atoms with Gasteiger partial charge in [-0.25, -0.2) is 0 Å². The number of hydrogen-bond acceptors (Lipinski definition) is 8. The fourth-order valence-electron chi connectivity index (χ4n) is 1.78. The number of hydrogen-bond donors (Lipinski definition) is 2. The van der Waals surface area contributed by atoms with Crippen molar-refractivity contribution in [3.05, 3.63) is 46.5 Å². The number of nitrogens with zero attached hydrogens (tertiary/aromatic N) is 3. The molecule has 0 unspecified atom stereocenters. The summed E-state index contributed by atoms with van der Waals surface area (Å²) in [6.45, 7) is 6.00. The van der Waals surface area contributed by atoms with Crippen molar-refractivity contribution in [3.63, 3.8) is 0 Å². The molecule has 0 saturated heterocycles. The van der Waals surface area contributed by atoms with Gasteiger partial charge in [-0.1, -0.05) is 29.2 Å². The van der Waals surface area contributed by atoms with E-state index in [9.17, 15) is 14.9 Å². The second kappa shape index (κ2) is 8.41. The van der Waals surface area contributed by atoms with E-state index in [4.69, 9.17) is 0 Å². The van der Waals surface area contributed by atoms with E-state index in [-0.39, 0.29) is 11.3 Å². The molecule has 0 radical (unpaired) electrons. The van der Waals surface area contributed by atoms with Crippen molar-refractivity contribution in [1.29, 1.82) is 0 Å². The number of aromatic nitrogens is 2. The van der Waals surface area contributed by atoms with Gasteiger partial charge in [0.1, 0.15) is 5.69 Å². The van der Waals surface area contributed by atoms with E-state index in [2.05, 4.69) is 27.4 Å². The highest BCUT2D eigenvalue weighted by Crippen LogP contribution is 2.28. The largest absolute Gasteiger partial charge is 0.380 e. The minimum atomic E-state index is -0.524. The van der Waals surface area contributed by atoms with Gasteiger partial charge in [-0.2, -0.15) is 0 Å². The molecule has 2 N–H and O–H groups in total. The van der Waals surface area contributed by atoms with E-state index in [1.807, 2.05) is 6.92 Å². The Kier molecular flexibility index (Phi) is 6.27. The Morgan fingerprint density at radius 3 is 2.96 bits per heavy atom. The van der Waals surface area contributed by atoms with Crippen LogP contribution in [-0.2, 0) is 0 Å². The second-order valence-electron chi connectivity index (χ2n) is 4.45. The van der Waals surface area contributed by atoms with Gasteiger partial charge in [0.25, 0.3) is 11.6 Å². The predicted octanol–water partition coefficient (Wildman–Crippen LogP) is 3.41. The maximum absolute atomic E-state index is 12.2. The predicted molar refractivity (Wildman–Crippen MR) is 96.0 cm³/mol. The molecule has 0 atom stereocenters. The van der Waals surface area contributed by atoms with Crippen molar-refractivity contribution < 1.29 is 9.72 Å². The minimum Gasteiger partial charge on any atom is -0.380 e. The molecule has 2 aromatic rings. The summed E-state index contributed by atoms with van der Waals surface area (Å²) in [4.78, 5) is 22.9. The van der Waals surface area contributed by atoms with Gasteiger partial charge in [0, 0.05) is 23.9 Å². The lowest BCUT2D eigenvalue weighted by atomic mass is 10.1. The molecular weight excluding hydrogens is 350 g/mol. The van der Waals surface area contributed by atoms with Crippen LogP contribution in [0.2, 0.25) is 0 Å². The van der Waals surface area contributed by atoms with Crippen molar-refractivity contribution in [2.24, 2.45) is 0 Å². The third kappa shape index (κ3) is 4.52. The van der Waals surface area contributed by atoms with Gasteiger partial charge in [0.05, 0.1) is 4.92 Å². The number of carbonyl (C=O) groups excluding carboxylic acids is 1. The van der Waals surface area contributed by atoms with Crippen LogP contribution < -0.4 is 10.6 Å². The molecule has 1 heterocycles. The zero-order valence-electron chi connectivity index (χ0n) is 12.8. The molecule has 0 spiro atoms. The number of anilines is 2. The van der Waals surface area contributed by atoms with Crippen molar-refractivity contribution in [2.45, 2.75) is 11.3 Å². The molecule has 0 bridgehead atoms. The summed E-state index contributed by atoms with van der Waals surface area (Å²) in [5.74, 6) is 0.221. The van der Waals surface area contributed by atoms with Crippen LogP contribution in [0.15, 0.2) is 35.2 Å². The van der Waals surface area contributed by atoms with Crippen molar-refractivity contribution in [1.82, 2.24) is 10.2 Å². The number of benzene rings is 1. The molecular formula is C14H15N5O3S2. The first-order valence-electron chi connectivity index (χ1n) is 6.96. The van der Waals surface area contributed by atoms with Crippen LogP contribution in [0.3, 0.4) is 0 Å². The topological polar surface area (TPSA) is 110 Å². The third-order valence-electron chi connectivity index (χ3n) is 2.78. The molecule has 0 saturated carbocycles. The Hall–Kier alpha value is -2.46. The number of rotatable bonds is 8. The van der Waals surface area contributed by atoms with E-state index in [1.54, 1.807) is 6.08 Å². The summed E-state index contributed by atoms with van der Waals surface area (Å²) in [5.41, 5.74) is 0.404. The number of carbonyl (C=O) groups is 1. The van der Waals surface area contributed by atoms with Crippen molar-refractivity contribution in [3.8, 4) is 0 Å². The molecule has 0 fully saturated rings. The molecule has 0 aliphatic carbocycles. The zero-order chi connectivity index (χ0) is 17.5. The maximum Gasteiger partial charge on any atom is 0.293 e. The average molecular weight is 365 g/mol. The highest BCUT2D eigenvalue weighted by Gasteiger charge is 2.18. The van der Waals surface area contributed by atoms with Crippen LogP contribution >= 0.6 is 23.1 Å². The lowest BCUT2D eigenvalue weighted by Crippen LogP contribution is -2.12. The Morgan fingerprint density at radius 2 is 2.29 bits per heavy atom. The quantitative estimate of drug-likeness (QED) is 0.242. The Bertz CT molecular complexity index is 763. The molecule has 1 aromatic heterocycles. The molecule has 0 aliphatic heterocycles. The summed E-state index contributed by atoms with van der Waals surface area (Å²) in [6, 6.07) is 4.28. The summed E-state index contributed by atoms with van der Waals surface area (Å²) in [7, 11) is 0. The fourth-order valence-corrected chi connectivity index (χ4v) is 3.29. The average Bonchev–Trinajstić information content (AvgIpc) is 3.00. The van der Waals surface area contributed by atoms with Crippen LogP contribution in [0.1, 0.15) is 17.3 Å². The van der Waals surface area contributed by atoms with E-state index in [1.165, 1.54) is 41.3 Å². The highest BCUT2D eigenvalue weighted by molar-refractivity contribution is 8.01. The summed E-state index contributed by atoms with van der Waals surface area (Å²) in [6.07, 6.45) is 1.75. The first-order valence-corrected chi connectivity index (χ1v) is 8.76. The molecule has 24 heavy (non-hydrogen) atoms. The smallest absolute Gasteiger partial charge is 0.293 e. The first-order chi connectivity index (χ1) is 11.5. The number of thioether (sulfide) groups is 1. The summed E-state index contributed by atoms with van der Waals surface area (Å²) in [5, 5.41) is 24.8. The normalized spacial score (nSPS) is 10.2. The lowest BCUT2D eigenvalue weighted by molar-refractivity contribution is -0.384. The van der Waals surface area contributed by atoms with Gasteiger partial charge in [-0.3, -0.25) is 20.2 Å². The van der Waals surface area contributed by atoms with Crippen LogP contribution in [0.5, 0.6) is 0 Å². The molecule has 2 rings (SSSR count). The van der Waals surface area contributed by atoms with E-state index in [0.717, 1.165) is 0 Å². The Balaban J connectivity index is 2.14. The van der Waals surface area contributed by atoms with Gasteiger partial charge >= 0.3 is 0 Å². The molecule has 126 valence electrons. The maximum atomic E-state index is 12.2. The van der Waals surface area contributed by atoms with Crippen molar-refractivity contribution >= 4 is 45.5 Å². The minimum absolute atomic E-state index is 0.149. The van der Waals surface area contributed by atoms with Crippen LogP contribution in [-0.4, -0.2) is 33.3 Å². The van der Waals surface area contributed by atoms with Crippen LogP contribution in [0, 0.1) is 10.1 Å². The van der Waals surface area contributed by atoms with E-state index in [0.29, 0.717) is 27.5 Å². The number of amides is 1. The van der Waals surface area contributed by atoms with Gasteiger partial charge in [-0.15, -0.1) is 16.8 Å². The van der Waals surface area contributed by atoms with E-state index < -0.39 is 10.8 Å². The van der Waals surface area contributed by atoms with Gasteiger partial charge in [0.15, 0.2) is 4.34 Å². The molecule has 8 nitrogen and oxygen atoms in total. The second-order valence-corrected chi connectivity index (χ2v) is 6.69. The SMILES string of the molecule is C=CCSc1nnc(NC(=O)c2ccc(NCC)c([N+](=O)[O-])c2)s1. The van der Waals surface area contributed by atoms with Crippen LogP contribution in [0.25, 0.3) is 0 Å². The van der Waals surface area contributed by atoms with Crippen LogP contribution in [0.4, 0.5) is 16.5 Å². The monoisotopic (exact) mass is 365 g/mol. The van der Waals surface area contributed by atoms with Gasteiger partial charge in [-0.05, 0) is 19.1 Å². The number of nitro benzene ring substituents is 1. The third-order valence-corrected chi connectivity index (χ3v) is 4.74. The highest BCUT2D eigenvalue weighted by atomic mass is 32.2. The van der Waals surface area contributed by atoms with Gasteiger partial charge in [0.2, 0.25) is 5.13 Å². The summed E-state index contributed by atoms with van der Waals surface area (Å²) < 4.78 is 0.707. The fraction of sp³-hybridized carbons (Fsp3) is 0.214. The Labute approximate surface area is 146 Å². The lowest BCUT2D eigenvalue weighted by Gasteiger charge is -2.06. The summed E-state index contributed by atoms with van der Waals surface area (Å²) >= 11 is 2.69. The number of nitrogens with one attached hydrogen (secondary N) is 2. The molecule has 1 amide bonds. The first kappa shape index (κ1) is 17.9. The Morgan fingerprint density at radius 1 is 1.50 bits per heavy atom. The number of nitro groups is 1. The zero-order valence-corrected chi connectivity index (χ0v) is 14.4. The molecule has 0 aliphatic rings. The molecule has 1 aromatic carbocycles. The standard InChI is InChI=1S/C14H15N5O3S2/c1-3-7-23-14-18-17-13(24-14)16-12(20)9-5-6-10(15-4-2)11(8-9)19(21)22/h3,5-6,8,15H,1,4,7H2,2H3,(H,16,17,20). The molecule has 10 heteroatoms. The van der Waals surface area contributed by atoms with E-state index >= 15 is 0 Å².